The van der Waals surface area contributed by atoms with Crippen LogP contribution in [0, 0.1) is 6.92 Å². The van der Waals surface area contributed by atoms with Gasteiger partial charge in [0.15, 0.2) is 11.6 Å². The van der Waals surface area contributed by atoms with Crippen molar-refractivity contribution >= 4 is 17.0 Å². The van der Waals surface area contributed by atoms with Crippen LogP contribution in [0.25, 0.3) is 22.7 Å². The van der Waals surface area contributed by atoms with Crippen molar-refractivity contribution in [2.75, 3.05) is 5.73 Å². The predicted molar refractivity (Wildman–Crippen MR) is 74.6 cm³/mol. The fourth-order valence-corrected chi connectivity index (χ4v) is 2.27. The van der Waals surface area contributed by atoms with Crippen LogP contribution in [0.4, 0.5) is 5.95 Å². The van der Waals surface area contributed by atoms with E-state index in [1.807, 2.05) is 0 Å². The van der Waals surface area contributed by atoms with E-state index in [0.29, 0.717) is 5.82 Å². The van der Waals surface area contributed by atoms with Gasteiger partial charge in [0.1, 0.15) is 0 Å². The number of aromatic amines is 1. The number of fused-ring (bicyclic) bond motifs is 1. The predicted octanol–water partition coefficient (Wildman–Crippen LogP) is 2.29. The van der Waals surface area contributed by atoms with Gasteiger partial charge in [0.25, 0.3) is 0 Å². The number of nitrogens with zero attached hydrogens (tertiary/aromatic N) is 4. The Kier molecular flexibility index (Phi) is 2.51. The number of aryl methyl sites for hydroxylation is 1. The number of rotatable bonds is 2. The first-order chi connectivity index (χ1) is 9.06. The van der Waals surface area contributed by atoms with Gasteiger partial charge in [0, 0.05) is 6.04 Å². The van der Waals surface area contributed by atoms with E-state index in [0.717, 1.165) is 16.9 Å². The minimum Gasteiger partial charge on any atom is -0.366 e. The Hall–Kier alpha value is -2.37. The molecule has 0 aliphatic heterocycles. The fourth-order valence-electron chi connectivity index (χ4n) is 2.27. The highest BCUT2D eigenvalue weighted by Crippen LogP contribution is 2.27. The summed E-state index contributed by atoms with van der Waals surface area (Å²) in [5.41, 5.74) is 8.80. The van der Waals surface area contributed by atoms with Crippen molar-refractivity contribution in [3.63, 3.8) is 0 Å². The van der Waals surface area contributed by atoms with Gasteiger partial charge >= 0.3 is 0 Å². The molecule has 0 aliphatic carbocycles. The molecule has 6 heteroatoms. The molecule has 3 rings (SSSR count). The number of nitrogens with two attached hydrogens (primary N) is 1. The number of aromatic nitrogens is 5. The number of hydrogen-bond donors (Lipinski definition) is 2. The average molecular weight is 256 g/mol. The number of anilines is 1. The molecule has 0 atom stereocenters. The maximum Gasteiger partial charge on any atom is 0.239 e. The Bertz CT molecular complexity index is 737. The first kappa shape index (κ1) is 11.7. The van der Waals surface area contributed by atoms with Crippen molar-refractivity contribution in [2.45, 2.75) is 26.8 Å². The quantitative estimate of drug-likeness (QED) is 0.736. The van der Waals surface area contributed by atoms with E-state index in [1.165, 1.54) is 5.56 Å². The highest BCUT2D eigenvalue weighted by Gasteiger charge is 2.17. The van der Waals surface area contributed by atoms with E-state index in [1.54, 1.807) is 0 Å². The van der Waals surface area contributed by atoms with Crippen LogP contribution in [-0.4, -0.2) is 24.7 Å². The zero-order chi connectivity index (χ0) is 13.6. The summed E-state index contributed by atoms with van der Waals surface area (Å²) < 4.78 is 2.13. The minimum absolute atomic E-state index is 0.230. The Morgan fingerprint density at radius 3 is 2.68 bits per heavy atom. The largest absolute Gasteiger partial charge is 0.366 e. The second-order valence-electron chi connectivity index (χ2n) is 4.93. The van der Waals surface area contributed by atoms with Crippen molar-refractivity contribution < 1.29 is 0 Å². The van der Waals surface area contributed by atoms with E-state index >= 15 is 0 Å². The summed E-state index contributed by atoms with van der Waals surface area (Å²) in [7, 11) is 0. The number of hydrogen-bond acceptors (Lipinski definition) is 4. The van der Waals surface area contributed by atoms with E-state index in [-0.39, 0.29) is 12.0 Å². The summed E-state index contributed by atoms with van der Waals surface area (Å²) in [6.07, 6.45) is 0. The van der Waals surface area contributed by atoms with E-state index in [2.05, 4.69) is 63.7 Å². The molecule has 3 N–H and O–H groups in total. The zero-order valence-corrected chi connectivity index (χ0v) is 11.2. The first-order valence-electron chi connectivity index (χ1n) is 6.23. The Balaban J connectivity index is 2.31. The highest BCUT2D eigenvalue weighted by atomic mass is 15.3. The SMILES string of the molecule is Cc1ccc2c(c1)nc(-c1nc(N)n[nH]1)n2C(C)C. The molecule has 3 aromatic rings. The van der Waals surface area contributed by atoms with Gasteiger partial charge in [-0.2, -0.15) is 4.98 Å². The Morgan fingerprint density at radius 2 is 2.05 bits per heavy atom. The molecule has 0 amide bonds. The molecule has 0 spiro atoms. The molecule has 0 saturated heterocycles. The van der Waals surface area contributed by atoms with Gasteiger partial charge in [-0.05, 0) is 38.5 Å². The van der Waals surface area contributed by atoms with E-state index < -0.39 is 0 Å². The monoisotopic (exact) mass is 256 g/mol. The number of imidazole rings is 1. The molecular formula is C13H16N6. The molecule has 2 aromatic heterocycles. The van der Waals surface area contributed by atoms with Gasteiger partial charge in [0.2, 0.25) is 5.95 Å². The van der Waals surface area contributed by atoms with Gasteiger partial charge in [0.05, 0.1) is 11.0 Å². The van der Waals surface area contributed by atoms with Crippen molar-refractivity contribution in [3.05, 3.63) is 23.8 Å². The molecule has 0 unspecified atom stereocenters. The third-order valence-electron chi connectivity index (χ3n) is 3.08. The maximum absolute atomic E-state index is 5.57. The van der Waals surface area contributed by atoms with Gasteiger partial charge in [-0.15, -0.1) is 5.10 Å². The lowest BCUT2D eigenvalue weighted by Gasteiger charge is -2.11. The van der Waals surface area contributed by atoms with Gasteiger partial charge in [-0.1, -0.05) is 6.07 Å². The van der Waals surface area contributed by atoms with Crippen LogP contribution in [0.2, 0.25) is 0 Å². The van der Waals surface area contributed by atoms with Crippen molar-refractivity contribution in [1.82, 2.24) is 24.7 Å². The standard InChI is InChI=1S/C13H16N6/c1-7(2)19-10-5-4-8(3)6-9(10)15-12(19)11-16-13(14)18-17-11/h4-7H,1-3H3,(H3,14,16,17,18). The normalized spacial score (nSPS) is 11.6. The van der Waals surface area contributed by atoms with E-state index in [4.69, 9.17) is 5.73 Å². The maximum atomic E-state index is 5.57. The molecule has 0 fully saturated rings. The van der Waals surface area contributed by atoms with Crippen molar-refractivity contribution in [3.8, 4) is 11.6 Å². The van der Waals surface area contributed by atoms with Crippen molar-refractivity contribution in [1.29, 1.82) is 0 Å². The smallest absolute Gasteiger partial charge is 0.239 e. The molecule has 0 saturated carbocycles. The topological polar surface area (TPSA) is 85.4 Å². The van der Waals surface area contributed by atoms with Gasteiger partial charge in [-0.3, -0.25) is 5.10 Å². The van der Waals surface area contributed by atoms with E-state index in [9.17, 15) is 0 Å². The lowest BCUT2D eigenvalue weighted by Crippen LogP contribution is -2.04. The van der Waals surface area contributed by atoms with Gasteiger partial charge < -0.3 is 10.3 Å². The molecule has 2 heterocycles. The van der Waals surface area contributed by atoms with Crippen LogP contribution in [0.15, 0.2) is 18.2 Å². The molecule has 19 heavy (non-hydrogen) atoms. The molecule has 0 bridgehead atoms. The molecular weight excluding hydrogens is 240 g/mol. The molecule has 0 radical (unpaired) electrons. The summed E-state index contributed by atoms with van der Waals surface area (Å²) >= 11 is 0. The lowest BCUT2D eigenvalue weighted by molar-refractivity contribution is 0.622. The van der Waals surface area contributed by atoms with Crippen molar-refractivity contribution in [2.24, 2.45) is 0 Å². The summed E-state index contributed by atoms with van der Waals surface area (Å²) in [5.74, 6) is 1.59. The Labute approximate surface area is 110 Å². The van der Waals surface area contributed by atoms with Crippen LogP contribution < -0.4 is 5.73 Å². The van der Waals surface area contributed by atoms with Crippen LogP contribution in [0.5, 0.6) is 0 Å². The van der Waals surface area contributed by atoms with Crippen LogP contribution in [0.3, 0.4) is 0 Å². The summed E-state index contributed by atoms with van der Waals surface area (Å²) in [4.78, 5) is 8.82. The molecule has 1 aromatic carbocycles. The second-order valence-corrected chi connectivity index (χ2v) is 4.93. The summed E-state index contributed by atoms with van der Waals surface area (Å²) in [6.45, 7) is 6.29. The molecule has 6 nitrogen and oxygen atoms in total. The number of benzene rings is 1. The minimum atomic E-state index is 0.230. The van der Waals surface area contributed by atoms with Crippen LogP contribution in [0.1, 0.15) is 25.5 Å². The number of nitrogens with one attached hydrogen (secondary N) is 1. The Morgan fingerprint density at radius 1 is 1.26 bits per heavy atom. The van der Waals surface area contributed by atoms with Crippen LogP contribution in [-0.2, 0) is 0 Å². The summed E-state index contributed by atoms with van der Waals surface area (Å²) in [6, 6.07) is 6.51. The lowest BCUT2D eigenvalue weighted by atomic mass is 10.2. The van der Waals surface area contributed by atoms with Gasteiger partial charge in [-0.25, -0.2) is 4.98 Å². The second kappa shape index (κ2) is 4.08. The third kappa shape index (κ3) is 1.85. The highest BCUT2D eigenvalue weighted by molar-refractivity contribution is 5.80. The average Bonchev–Trinajstić information content (AvgIpc) is 2.91. The molecule has 98 valence electrons. The summed E-state index contributed by atoms with van der Waals surface area (Å²) in [5, 5.41) is 6.69. The number of H-pyrrole nitrogens is 1. The fraction of sp³-hybridized carbons (Fsp3) is 0.308. The van der Waals surface area contributed by atoms with Crippen LogP contribution >= 0.6 is 0 Å². The zero-order valence-electron chi connectivity index (χ0n) is 11.2. The molecule has 0 aliphatic rings. The third-order valence-corrected chi connectivity index (χ3v) is 3.08. The number of nitrogen functional groups attached to an aromatic ring is 1. The first-order valence-corrected chi connectivity index (χ1v) is 6.23.